The van der Waals surface area contributed by atoms with E-state index in [4.69, 9.17) is 0 Å². The molecule has 0 amide bonds. The Morgan fingerprint density at radius 1 is 0.312 bits per heavy atom. The third-order valence-corrected chi connectivity index (χ3v) is 17.4. The topological polar surface area (TPSA) is 0 Å². The lowest BCUT2D eigenvalue weighted by atomic mass is 9.67. The zero-order valence-electron chi connectivity index (χ0n) is 42.3. The van der Waals surface area contributed by atoms with Gasteiger partial charge in [0, 0.05) is 0 Å². The van der Waals surface area contributed by atoms with Crippen molar-refractivity contribution in [2.45, 2.75) is 197 Å². The summed E-state index contributed by atoms with van der Waals surface area (Å²) in [6.45, 7) is 29.6. The summed E-state index contributed by atoms with van der Waals surface area (Å²) in [4.78, 5) is 0. The summed E-state index contributed by atoms with van der Waals surface area (Å²) in [5, 5.41) is 6.24. The fraction of sp³-hybridized carbons (Fsp3) is 0.594. The molecule has 338 valence electrons. The molecule has 0 atom stereocenters. The first kappa shape index (κ1) is 43.2. The van der Waals surface area contributed by atoms with Crippen LogP contribution >= 0.6 is 0 Å². The SMILES string of the molecule is CC(C)(C)Cc1cccc(CC(C)(C)C)c1-c1c2cc3c(cc2c(-c2c(CC(C)(C)C)cccc2CC(C)(C)C)c2cc4c(cc12)C1CC2CC(C1)CC4C2)C1CC2CC(CC3C2)C1. The number of benzene rings is 5. The van der Waals surface area contributed by atoms with E-state index in [1.54, 1.807) is 88.3 Å². The quantitative estimate of drug-likeness (QED) is 0.149. The second kappa shape index (κ2) is 15.1. The Hall–Kier alpha value is -3.38. The fourth-order valence-electron chi connectivity index (χ4n) is 15.9. The Labute approximate surface area is 389 Å². The minimum Gasteiger partial charge on any atom is -0.0617 e. The molecule has 4 saturated carbocycles. The highest BCUT2D eigenvalue weighted by molar-refractivity contribution is 6.23. The van der Waals surface area contributed by atoms with Gasteiger partial charge >= 0.3 is 0 Å². The molecule has 0 heterocycles. The van der Waals surface area contributed by atoms with E-state index in [0.29, 0.717) is 23.7 Å². The molecule has 0 heteroatoms. The van der Waals surface area contributed by atoms with E-state index >= 15 is 0 Å². The summed E-state index contributed by atoms with van der Waals surface area (Å²) < 4.78 is 0. The number of fused-ring (bicyclic) bond motifs is 2. The summed E-state index contributed by atoms with van der Waals surface area (Å²) in [6.07, 6.45) is 18.5. The highest BCUT2D eigenvalue weighted by atomic mass is 14.5. The van der Waals surface area contributed by atoms with Gasteiger partial charge in [-0.3, -0.25) is 0 Å². The molecule has 0 saturated heterocycles. The molecule has 4 fully saturated rings. The Bertz CT molecular complexity index is 2280. The molecular formula is C64H82. The minimum absolute atomic E-state index is 0.165. The molecule has 0 N–H and O–H groups in total. The smallest absolute Gasteiger partial charge is 0.00206 e. The van der Waals surface area contributed by atoms with E-state index in [9.17, 15) is 0 Å². The van der Waals surface area contributed by atoms with Crippen LogP contribution in [0.1, 0.15) is 215 Å². The zero-order valence-corrected chi connectivity index (χ0v) is 42.3. The molecule has 0 radical (unpaired) electrons. The van der Waals surface area contributed by atoms with Crippen molar-refractivity contribution in [3.05, 3.63) is 105 Å². The van der Waals surface area contributed by atoms with Gasteiger partial charge in [0.25, 0.3) is 0 Å². The lowest BCUT2D eigenvalue weighted by Gasteiger charge is -2.38. The van der Waals surface area contributed by atoms with Crippen LogP contribution in [0.15, 0.2) is 60.7 Å². The Morgan fingerprint density at radius 2 is 0.531 bits per heavy atom. The Kier molecular flexibility index (Phi) is 10.2. The van der Waals surface area contributed by atoms with Crippen LogP contribution in [0, 0.1) is 45.3 Å². The van der Waals surface area contributed by atoms with Crippen LogP contribution < -0.4 is 0 Å². The maximum Gasteiger partial charge on any atom is -0.00206 e. The van der Waals surface area contributed by atoms with Gasteiger partial charge in [-0.05, 0) is 271 Å². The van der Waals surface area contributed by atoms with Crippen molar-refractivity contribution in [3.8, 4) is 22.3 Å². The van der Waals surface area contributed by atoms with E-state index in [0.717, 1.165) is 49.4 Å². The molecule has 64 heavy (non-hydrogen) atoms. The molecule has 8 aliphatic carbocycles. The van der Waals surface area contributed by atoms with Crippen molar-refractivity contribution in [1.29, 1.82) is 0 Å². The van der Waals surface area contributed by atoms with Crippen LogP contribution in [0.3, 0.4) is 0 Å². The van der Waals surface area contributed by atoms with Gasteiger partial charge in [0.05, 0.1) is 0 Å². The monoisotopic (exact) mass is 851 g/mol. The molecule has 0 nitrogen and oxygen atoms in total. The van der Waals surface area contributed by atoms with Crippen molar-refractivity contribution in [3.63, 3.8) is 0 Å². The highest BCUT2D eigenvalue weighted by Gasteiger charge is 2.45. The van der Waals surface area contributed by atoms with Gasteiger partial charge in [0.1, 0.15) is 0 Å². The Balaban J connectivity index is 1.35. The molecule has 5 aromatic rings. The summed E-state index contributed by atoms with van der Waals surface area (Å²) in [5.74, 6) is 6.38. The predicted molar refractivity (Wildman–Crippen MR) is 276 cm³/mol. The van der Waals surface area contributed by atoms with Crippen LogP contribution in [-0.4, -0.2) is 0 Å². The average Bonchev–Trinajstić information content (AvgIpc) is 3.43. The normalized spacial score (nSPS) is 27.3. The number of hydrogen-bond acceptors (Lipinski definition) is 0. The third kappa shape index (κ3) is 7.93. The lowest BCUT2D eigenvalue weighted by molar-refractivity contribution is 0.165. The van der Waals surface area contributed by atoms with Crippen LogP contribution in [-0.2, 0) is 25.7 Å². The van der Waals surface area contributed by atoms with Gasteiger partial charge in [-0.25, -0.2) is 0 Å². The molecule has 5 aromatic carbocycles. The van der Waals surface area contributed by atoms with Gasteiger partial charge < -0.3 is 0 Å². The van der Waals surface area contributed by atoms with Crippen molar-refractivity contribution in [1.82, 2.24) is 0 Å². The van der Waals surface area contributed by atoms with Gasteiger partial charge in [-0.1, -0.05) is 119 Å². The first-order valence-corrected chi connectivity index (χ1v) is 26.4. The summed E-state index contributed by atoms with van der Waals surface area (Å²) in [5.41, 5.74) is 20.1. The van der Waals surface area contributed by atoms with E-state index < -0.39 is 0 Å². The molecule has 8 aliphatic rings. The molecule has 13 rings (SSSR count). The van der Waals surface area contributed by atoms with Gasteiger partial charge in [0.2, 0.25) is 0 Å². The standard InChI is InChI=1S/C64H82/c1-61(2,3)33-41-15-13-16-42(34-62(4,5)6)57(41)59-53-29-49-45-21-37-19-38(22-45)26-47(25-37)51(49)31-55(53)60(58-43(35-63(7,8)9)17-14-18-44(58)36-64(10,11)12)56-32-52-48-27-39-20-40(28-48)24-46(23-39)50(52)30-54(56)59/h13-18,29-32,37-40,45-48H,19-28,33-36H2,1-12H3. The van der Waals surface area contributed by atoms with Crippen LogP contribution in [0.4, 0.5) is 0 Å². The maximum atomic E-state index is 2.89. The summed E-state index contributed by atoms with van der Waals surface area (Å²) in [7, 11) is 0. The van der Waals surface area contributed by atoms with Crippen LogP contribution in [0.5, 0.6) is 0 Å². The Morgan fingerprint density at radius 3 is 0.734 bits per heavy atom. The fourth-order valence-corrected chi connectivity index (χ4v) is 15.9. The number of rotatable bonds is 6. The molecule has 0 aromatic heterocycles. The predicted octanol–water partition coefficient (Wildman–Crippen LogP) is 18.5. The van der Waals surface area contributed by atoms with Gasteiger partial charge in [0.15, 0.2) is 0 Å². The highest BCUT2D eigenvalue weighted by Crippen LogP contribution is 2.61. The summed E-state index contributed by atoms with van der Waals surface area (Å²) >= 11 is 0. The van der Waals surface area contributed by atoms with Gasteiger partial charge in [-0.2, -0.15) is 0 Å². The second-order valence-corrected chi connectivity index (χ2v) is 28.3. The summed E-state index contributed by atoms with van der Waals surface area (Å²) in [6, 6.07) is 26.5. The lowest BCUT2D eigenvalue weighted by Crippen LogP contribution is -2.25. The van der Waals surface area contributed by atoms with Crippen LogP contribution in [0.25, 0.3) is 43.8 Å². The molecular weight excluding hydrogens is 769 g/mol. The van der Waals surface area contributed by atoms with Crippen molar-refractivity contribution < 1.29 is 0 Å². The van der Waals surface area contributed by atoms with E-state index in [-0.39, 0.29) is 21.7 Å². The zero-order chi connectivity index (χ0) is 44.8. The van der Waals surface area contributed by atoms with Crippen molar-refractivity contribution >= 4 is 21.5 Å². The van der Waals surface area contributed by atoms with Gasteiger partial charge in [-0.15, -0.1) is 0 Å². The molecule has 8 bridgehead atoms. The first-order valence-electron chi connectivity index (χ1n) is 26.4. The average molecular weight is 851 g/mol. The number of hydrogen-bond donors (Lipinski definition) is 0. The molecule has 0 unspecified atom stereocenters. The molecule has 0 aliphatic heterocycles. The van der Waals surface area contributed by atoms with E-state index in [2.05, 4.69) is 144 Å². The van der Waals surface area contributed by atoms with Crippen LogP contribution in [0.2, 0.25) is 0 Å². The van der Waals surface area contributed by atoms with E-state index in [1.165, 1.54) is 64.2 Å². The second-order valence-electron chi connectivity index (χ2n) is 28.3. The van der Waals surface area contributed by atoms with Crippen molar-refractivity contribution in [2.75, 3.05) is 0 Å². The maximum absolute atomic E-state index is 2.89. The largest absolute Gasteiger partial charge is 0.0617 e. The third-order valence-electron chi connectivity index (χ3n) is 17.4. The minimum atomic E-state index is 0.165. The van der Waals surface area contributed by atoms with Crippen molar-refractivity contribution in [2.24, 2.45) is 45.3 Å². The first-order chi connectivity index (χ1) is 30.1. The molecule has 0 spiro atoms. The van der Waals surface area contributed by atoms with E-state index in [1.807, 2.05) is 0 Å².